The van der Waals surface area contributed by atoms with E-state index in [1.165, 1.54) is 0 Å². The number of pyridine rings is 1. The maximum Gasteiger partial charge on any atom is 0.236 e. The van der Waals surface area contributed by atoms with E-state index < -0.39 is 0 Å². The minimum atomic E-state index is -0.218. The normalized spacial score (nSPS) is 17.0. The number of aromatic nitrogens is 3. The Bertz CT molecular complexity index is 1620. The third-order valence-corrected chi connectivity index (χ3v) is 8.25. The molecule has 2 amide bonds. The maximum atomic E-state index is 13.1. The number of nitrogen functional groups attached to an aromatic ring is 1. The highest BCUT2D eigenvalue weighted by molar-refractivity contribution is 6.14. The van der Waals surface area contributed by atoms with Gasteiger partial charge in [0.25, 0.3) is 0 Å². The van der Waals surface area contributed by atoms with Gasteiger partial charge in [0.2, 0.25) is 11.8 Å². The van der Waals surface area contributed by atoms with Crippen molar-refractivity contribution in [3.05, 3.63) is 96.6 Å². The van der Waals surface area contributed by atoms with E-state index in [-0.39, 0.29) is 23.4 Å². The van der Waals surface area contributed by atoms with Crippen LogP contribution in [0.2, 0.25) is 0 Å². The first kappa shape index (κ1) is 28.9. The number of hydrogen-bond acceptors (Lipinski definition) is 9. The lowest BCUT2D eigenvalue weighted by atomic mass is 10.0. The topological polar surface area (TPSA) is 144 Å². The monoisotopic (exact) mass is 589 g/mol. The van der Waals surface area contributed by atoms with Gasteiger partial charge >= 0.3 is 0 Å². The standard InChI is InChI=1S/C33H35N9O2/c34-29-7-4-26(20-28(29)31(35)23-8-13-36-14-9-23)39-33(44)25-10-15-40(21-25)22-30(43)42-18-16-41(17-19-42)27-5-2-24(3-6-27)32-37-11-1-12-38-32/h1-9,11-14,20,25,35H,10,15-19,21-22,34H2,(H,39,44)/t25-/m1/s1. The molecule has 6 rings (SSSR count). The van der Waals surface area contributed by atoms with E-state index in [9.17, 15) is 9.59 Å². The van der Waals surface area contributed by atoms with Crippen LogP contribution in [0.4, 0.5) is 17.1 Å². The van der Waals surface area contributed by atoms with Crippen LogP contribution in [0.15, 0.2) is 85.5 Å². The van der Waals surface area contributed by atoms with Crippen molar-refractivity contribution in [2.24, 2.45) is 5.92 Å². The van der Waals surface area contributed by atoms with Gasteiger partial charge in [0, 0.05) is 91.3 Å². The van der Waals surface area contributed by atoms with E-state index in [4.69, 9.17) is 11.1 Å². The molecule has 2 fully saturated rings. The Morgan fingerprint density at radius 2 is 1.64 bits per heavy atom. The predicted molar refractivity (Wildman–Crippen MR) is 170 cm³/mol. The van der Waals surface area contributed by atoms with Gasteiger partial charge in [-0.25, -0.2) is 9.97 Å². The van der Waals surface area contributed by atoms with Crippen LogP contribution in [-0.4, -0.2) is 88.1 Å². The van der Waals surface area contributed by atoms with Gasteiger partial charge in [-0.3, -0.25) is 24.9 Å². The Hall–Kier alpha value is -5.16. The number of anilines is 3. The molecule has 0 saturated carbocycles. The van der Waals surface area contributed by atoms with Crippen molar-refractivity contribution in [2.75, 3.05) is 61.8 Å². The van der Waals surface area contributed by atoms with Crippen molar-refractivity contribution < 1.29 is 9.59 Å². The summed E-state index contributed by atoms with van der Waals surface area (Å²) < 4.78 is 0. The van der Waals surface area contributed by atoms with Gasteiger partial charge in [-0.2, -0.15) is 0 Å². The molecule has 1 atom stereocenters. The van der Waals surface area contributed by atoms with Gasteiger partial charge in [0.15, 0.2) is 5.82 Å². The summed E-state index contributed by atoms with van der Waals surface area (Å²) in [5.74, 6) is 0.489. The number of rotatable bonds is 8. The third kappa shape index (κ3) is 6.57. The molecule has 4 N–H and O–H groups in total. The van der Waals surface area contributed by atoms with Gasteiger partial charge in [-0.1, -0.05) is 0 Å². The number of piperazine rings is 1. The summed E-state index contributed by atoms with van der Waals surface area (Å²) in [5.41, 5.74) is 10.8. The second-order valence-corrected chi connectivity index (χ2v) is 11.1. The summed E-state index contributed by atoms with van der Waals surface area (Å²) in [6.07, 6.45) is 7.42. The zero-order valence-electron chi connectivity index (χ0n) is 24.4. The number of nitrogens with two attached hydrogens (primary N) is 1. The molecule has 4 heterocycles. The number of carbonyl (C=O) groups is 2. The molecular weight excluding hydrogens is 554 g/mol. The molecule has 44 heavy (non-hydrogen) atoms. The lowest BCUT2D eigenvalue weighted by Gasteiger charge is -2.36. The van der Waals surface area contributed by atoms with Crippen molar-refractivity contribution in [1.29, 1.82) is 5.41 Å². The maximum absolute atomic E-state index is 13.1. The molecule has 2 saturated heterocycles. The van der Waals surface area contributed by atoms with Crippen LogP contribution in [-0.2, 0) is 9.59 Å². The molecule has 2 aromatic heterocycles. The predicted octanol–water partition coefficient (Wildman–Crippen LogP) is 3.15. The first-order valence-electron chi connectivity index (χ1n) is 14.8. The fraction of sp³-hybridized carbons (Fsp3) is 0.273. The van der Waals surface area contributed by atoms with Gasteiger partial charge < -0.3 is 20.9 Å². The van der Waals surface area contributed by atoms with Crippen molar-refractivity contribution >= 4 is 34.6 Å². The fourth-order valence-corrected chi connectivity index (χ4v) is 5.73. The molecule has 2 aliphatic rings. The van der Waals surface area contributed by atoms with E-state index in [0.29, 0.717) is 67.5 Å². The van der Waals surface area contributed by atoms with Crippen LogP contribution in [0.3, 0.4) is 0 Å². The molecule has 0 radical (unpaired) electrons. The minimum absolute atomic E-state index is 0.0930. The van der Waals surface area contributed by atoms with Crippen molar-refractivity contribution in [3.63, 3.8) is 0 Å². The second kappa shape index (κ2) is 13.0. The molecule has 2 aromatic carbocycles. The lowest BCUT2D eigenvalue weighted by Crippen LogP contribution is -2.51. The molecule has 11 nitrogen and oxygen atoms in total. The van der Waals surface area contributed by atoms with Gasteiger partial charge in [-0.15, -0.1) is 0 Å². The Kier molecular flexibility index (Phi) is 8.55. The highest BCUT2D eigenvalue weighted by atomic mass is 16.2. The highest BCUT2D eigenvalue weighted by Crippen LogP contribution is 2.25. The fourth-order valence-electron chi connectivity index (χ4n) is 5.73. The Balaban J connectivity index is 0.974. The van der Waals surface area contributed by atoms with Gasteiger partial charge in [0.05, 0.1) is 18.2 Å². The number of carbonyl (C=O) groups excluding carboxylic acids is 2. The van der Waals surface area contributed by atoms with E-state index >= 15 is 0 Å². The number of benzene rings is 2. The van der Waals surface area contributed by atoms with E-state index in [1.807, 2.05) is 17.0 Å². The second-order valence-electron chi connectivity index (χ2n) is 11.1. The van der Waals surface area contributed by atoms with E-state index in [0.717, 1.165) is 24.3 Å². The van der Waals surface area contributed by atoms with Gasteiger partial charge in [-0.05, 0) is 73.6 Å². The van der Waals surface area contributed by atoms with Crippen LogP contribution in [0, 0.1) is 11.3 Å². The molecule has 0 spiro atoms. The first-order chi connectivity index (χ1) is 21.4. The summed E-state index contributed by atoms with van der Waals surface area (Å²) in [6.45, 7) is 4.39. The summed E-state index contributed by atoms with van der Waals surface area (Å²) in [4.78, 5) is 45.1. The highest BCUT2D eigenvalue weighted by Gasteiger charge is 2.31. The summed E-state index contributed by atoms with van der Waals surface area (Å²) in [5, 5.41) is 11.5. The SMILES string of the molecule is N=C(c1ccncc1)c1cc(NC(=O)[C@@H]2CCN(CC(=O)N3CCN(c4ccc(-c5ncccn5)cc4)CC3)C2)ccc1N. The minimum Gasteiger partial charge on any atom is -0.398 e. The van der Waals surface area contributed by atoms with Crippen LogP contribution in [0.5, 0.6) is 0 Å². The van der Waals surface area contributed by atoms with Gasteiger partial charge in [0.1, 0.15) is 0 Å². The third-order valence-electron chi connectivity index (χ3n) is 8.25. The van der Waals surface area contributed by atoms with Crippen molar-refractivity contribution in [2.45, 2.75) is 6.42 Å². The molecule has 11 heteroatoms. The number of nitrogens with zero attached hydrogens (tertiary/aromatic N) is 6. The molecule has 224 valence electrons. The lowest BCUT2D eigenvalue weighted by molar-refractivity contribution is -0.132. The number of hydrogen-bond donors (Lipinski definition) is 3. The average molecular weight is 590 g/mol. The summed E-state index contributed by atoms with van der Waals surface area (Å²) in [7, 11) is 0. The van der Waals surface area contributed by atoms with Crippen molar-refractivity contribution in [1.82, 2.24) is 24.8 Å². The Morgan fingerprint density at radius 1 is 0.909 bits per heavy atom. The summed E-state index contributed by atoms with van der Waals surface area (Å²) >= 11 is 0. The van der Waals surface area contributed by atoms with Crippen molar-refractivity contribution in [3.8, 4) is 11.4 Å². The molecule has 2 aliphatic heterocycles. The van der Waals surface area contributed by atoms with Crippen LogP contribution in [0.25, 0.3) is 11.4 Å². The average Bonchev–Trinajstić information content (AvgIpc) is 3.55. The summed E-state index contributed by atoms with van der Waals surface area (Å²) in [6, 6.07) is 18.7. The van der Waals surface area contributed by atoms with Crippen LogP contribution >= 0.6 is 0 Å². The van der Waals surface area contributed by atoms with E-state index in [1.54, 1.807) is 61.2 Å². The first-order valence-corrected chi connectivity index (χ1v) is 14.8. The Morgan fingerprint density at radius 3 is 2.36 bits per heavy atom. The molecular formula is C33H35N9O2. The quantitative estimate of drug-likeness (QED) is 0.210. The largest absolute Gasteiger partial charge is 0.398 e. The number of nitrogens with one attached hydrogen (secondary N) is 2. The zero-order chi connectivity index (χ0) is 30.5. The zero-order valence-corrected chi connectivity index (χ0v) is 24.4. The van der Waals surface area contributed by atoms with E-state index in [2.05, 4.69) is 42.2 Å². The van der Waals surface area contributed by atoms with Crippen LogP contribution < -0.4 is 16.0 Å². The number of amides is 2. The Labute approximate surface area is 256 Å². The molecule has 0 bridgehead atoms. The smallest absolute Gasteiger partial charge is 0.236 e. The molecule has 4 aromatic rings. The molecule has 0 aliphatic carbocycles. The molecule has 0 unspecified atom stereocenters. The van der Waals surface area contributed by atoms with Crippen LogP contribution in [0.1, 0.15) is 17.5 Å². The number of likely N-dealkylation sites (tertiary alicyclic amines) is 1.